The smallest absolute Gasteiger partial charge is 0.227 e. The Bertz CT molecular complexity index is 471. The van der Waals surface area contributed by atoms with E-state index in [-0.39, 0.29) is 0 Å². The summed E-state index contributed by atoms with van der Waals surface area (Å²) in [5, 5.41) is 4.50. The van der Waals surface area contributed by atoms with Crippen molar-refractivity contribution in [1.82, 2.24) is 10.1 Å². The fourth-order valence-electron chi connectivity index (χ4n) is 1.33. The van der Waals surface area contributed by atoms with E-state index in [0.29, 0.717) is 29.0 Å². The molecule has 0 aliphatic carbocycles. The van der Waals surface area contributed by atoms with Crippen LogP contribution in [-0.2, 0) is 6.42 Å². The van der Waals surface area contributed by atoms with E-state index in [1.165, 1.54) is 0 Å². The Morgan fingerprint density at radius 2 is 2.06 bits per heavy atom. The SMILES string of the molecule is ClCCCc1nc(-c2ccccc2Cl)no1. The zero-order chi connectivity index (χ0) is 11.4. The van der Waals surface area contributed by atoms with Crippen LogP contribution in [0.4, 0.5) is 0 Å². The topological polar surface area (TPSA) is 38.9 Å². The Kier molecular flexibility index (Phi) is 3.80. The summed E-state index contributed by atoms with van der Waals surface area (Å²) in [7, 11) is 0. The molecule has 0 radical (unpaired) electrons. The van der Waals surface area contributed by atoms with E-state index >= 15 is 0 Å². The Balaban J connectivity index is 2.22. The maximum Gasteiger partial charge on any atom is 0.227 e. The third-order valence-electron chi connectivity index (χ3n) is 2.11. The van der Waals surface area contributed by atoms with Crippen LogP contribution in [0, 0.1) is 0 Å². The number of hydrogen-bond donors (Lipinski definition) is 0. The summed E-state index contributed by atoms with van der Waals surface area (Å²) < 4.78 is 5.10. The van der Waals surface area contributed by atoms with Gasteiger partial charge in [-0.05, 0) is 18.6 Å². The molecule has 0 amide bonds. The quantitative estimate of drug-likeness (QED) is 0.786. The highest BCUT2D eigenvalue weighted by atomic mass is 35.5. The van der Waals surface area contributed by atoms with Crippen LogP contribution in [0.15, 0.2) is 28.8 Å². The van der Waals surface area contributed by atoms with E-state index in [4.69, 9.17) is 27.7 Å². The summed E-state index contributed by atoms with van der Waals surface area (Å²) in [5.74, 6) is 1.70. The van der Waals surface area contributed by atoms with Crippen LogP contribution in [0.5, 0.6) is 0 Å². The molecule has 0 aliphatic heterocycles. The summed E-state index contributed by atoms with van der Waals surface area (Å²) in [5.41, 5.74) is 0.782. The summed E-state index contributed by atoms with van der Waals surface area (Å²) >= 11 is 11.6. The minimum Gasteiger partial charge on any atom is -0.339 e. The predicted molar refractivity (Wildman–Crippen MR) is 63.8 cm³/mol. The molecule has 2 rings (SSSR count). The Hall–Kier alpha value is -1.06. The summed E-state index contributed by atoms with van der Waals surface area (Å²) in [4.78, 5) is 4.26. The third-order valence-corrected chi connectivity index (χ3v) is 2.70. The van der Waals surface area contributed by atoms with Gasteiger partial charge in [0.1, 0.15) is 0 Å². The molecule has 3 nitrogen and oxygen atoms in total. The van der Waals surface area contributed by atoms with Crippen LogP contribution >= 0.6 is 23.2 Å². The number of hydrogen-bond acceptors (Lipinski definition) is 3. The zero-order valence-electron chi connectivity index (χ0n) is 8.49. The lowest BCUT2D eigenvalue weighted by Crippen LogP contribution is -1.87. The number of rotatable bonds is 4. The molecule has 1 aromatic carbocycles. The monoisotopic (exact) mass is 256 g/mol. The van der Waals surface area contributed by atoms with Crippen molar-refractivity contribution in [3.63, 3.8) is 0 Å². The number of alkyl halides is 1. The van der Waals surface area contributed by atoms with Gasteiger partial charge in [0.05, 0.1) is 5.02 Å². The van der Waals surface area contributed by atoms with Gasteiger partial charge >= 0.3 is 0 Å². The van der Waals surface area contributed by atoms with Gasteiger partial charge in [-0.25, -0.2) is 0 Å². The molecule has 5 heteroatoms. The molecule has 0 aliphatic rings. The van der Waals surface area contributed by atoms with Crippen LogP contribution in [0.25, 0.3) is 11.4 Å². The molecular weight excluding hydrogens is 247 g/mol. The van der Waals surface area contributed by atoms with Crippen LogP contribution in [0.2, 0.25) is 5.02 Å². The highest BCUT2D eigenvalue weighted by Gasteiger charge is 2.10. The van der Waals surface area contributed by atoms with E-state index < -0.39 is 0 Å². The fraction of sp³-hybridized carbons (Fsp3) is 0.273. The Morgan fingerprint density at radius 1 is 1.25 bits per heavy atom. The Morgan fingerprint density at radius 3 is 2.81 bits per heavy atom. The number of benzene rings is 1. The van der Waals surface area contributed by atoms with Crippen molar-refractivity contribution in [3.8, 4) is 11.4 Å². The molecule has 0 spiro atoms. The molecule has 1 aromatic heterocycles. The fourth-order valence-corrected chi connectivity index (χ4v) is 1.68. The predicted octanol–water partition coefficient (Wildman–Crippen LogP) is 3.56. The van der Waals surface area contributed by atoms with Crippen molar-refractivity contribution in [2.24, 2.45) is 0 Å². The van der Waals surface area contributed by atoms with Gasteiger partial charge in [0, 0.05) is 17.9 Å². The molecule has 84 valence electrons. The van der Waals surface area contributed by atoms with Crippen molar-refractivity contribution in [2.45, 2.75) is 12.8 Å². The first kappa shape index (κ1) is 11.4. The minimum atomic E-state index is 0.523. The molecule has 0 N–H and O–H groups in total. The van der Waals surface area contributed by atoms with Gasteiger partial charge in [0.25, 0.3) is 0 Å². The van der Waals surface area contributed by atoms with Crippen LogP contribution in [0.1, 0.15) is 12.3 Å². The van der Waals surface area contributed by atoms with Gasteiger partial charge in [0.2, 0.25) is 11.7 Å². The Labute approximate surface area is 103 Å². The standard InChI is InChI=1S/C11H10Cl2N2O/c12-7-3-6-10-14-11(15-16-10)8-4-1-2-5-9(8)13/h1-2,4-5H,3,6-7H2. The maximum atomic E-state index is 6.03. The molecule has 0 saturated heterocycles. The second-order valence-corrected chi connectivity index (χ2v) is 4.07. The molecule has 2 aromatic rings. The van der Waals surface area contributed by atoms with Crippen LogP contribution < -0.4 is 0 Å². The normalized spacial score (nSPS) is 10.6. The number of halogens is 2. The van der Waals surface area contributed by atoms with Gasteiger partial charge in [-0.15, -0.1) is 11.6 Å². The van der Waals surface area contributed by atoms with Crippen molar-refractivity contribution < 1.29 is 4.52 Å². The largest absolute Gasteiger partial charge is 0.339 e. The highest BCUT2D eigenvalue weighted by molar-refractivity contribution is 6.33. The van der Waals surface area contributed by atoms with Crippen molar-refractivity contribution in [1.29, 1.82) is 0 Å². The van der Waals surface area contributed by atoms with Crippen molar-refractivity contribution >= 4 is 23.2 Å². The minimum absolute atomic E-state index is 0.523. The van der Waals surface area contributed by atoms with Crippen molar-refractivity contribution in [2.75, 3.05) is 5.88 Å². The van der Waals surface area contributed by atoms with Crippen LogP contribution in [0.3, 0.4) is 0 Å². The first-order valence-corrected chi connectivity index (χ1v) is 5.86. The molecule has 0 atom stereocenters. The van der Waals surface area contributed by atoms with E-state index in [1.807, 2.05) is 18.2 Å². The van der Waals surface area contributed by atoms with Crippen LogP contribution in [-0.4, -0.2) is 16.0 Å². The average Bonchev–Trinajstić information content (AvgIpc) is 2.75. The van der Waals surface area contributed by atoms with Gasteiger partial charge in [0.15, 0.2) is 0 Å². The lowest BCUT2D eigenvalue weighted by molar-refractivity contribution is 0.378. The van der Waals surface area contributed by atoms with E-state index in [1.54, 1.807) is 6.07 Å². The molecule has 1 heterocycles. The third kappa shape index (κ3) is 2.54. The van der Waals surface area contributed by atoms with Gasteiger partial charge in [-0.2, -0.15) is 4.98 Å². The van der Waals surface area contributed by atoms with Crippen molar-refractivity contribution in [3.05, 3.63) is 35.2 Å². The summed E-state index contributed by atoms with van der Waals surface area (Å²) in [6.07, 6.45) is 1.52. The average molecular weight is 257 g/mol. The molecule has 16 heavy (non-hydrogen) atoms. The van der Waals surface area contributed by atoms with Gasteiger partial charge in [-0.1, -0.05) is 28.9 Å². The highest BCUT2D eigenvalue weighted by Crippen LogP contribution is 2.24. The first-order chi connectivity index (χ1) is 7.81. The lowest BCUT2D eigenvalue weighted by atomic mass is 10.2. The zero-order valence-corrected chi connectivity index (χ0v) is 10.0. The maximum absolute atomic E-state index is 6.03. The summed E-state index contributed by atoms with van der Waals surface area (Å²) in [6.45, 7) is 0. The summed E-state index contributed by atoms with van der Waals surface area (Å²) in [6, 6.07) is 7.40. The molecule has 0 bridgehead atoms. The van der Waals surface area contributed by atoms with Gasteiger partial charge < -0.3 is 4.52 Å². The van der Waals surface area contributed by atoms with E-state index in [9.17, 15) is 0 Å². The molecule has 0 saturated carbocycles. The second kappa shape index (κ2) is 5.32. The van der Waals surface area contributed by atoms with E-state index in [2.05, 4.69) is 10.1 Å². The van der Waals surface area contributed by atoms with E-state index in [0.717, 1.165) is 12.0 Å². The molecule has 0 unspecified atom stereocenters. The first-order valence-electron chi connectivity index (χ1n) is 4.94. The second-order valence-electron chi connectivity index (χ2n) is 3.28. The number of aryl methyl sites for hydroxylation is 1. The lowest BCUT2D eigenvalue weighted by Gasteiger charge is -1.95. The number of aromatic nitrogens is 2. The molecular formula is C11H10Cl2N2O. The molecule has 0 fully saturated rings. The number of nitrogens with zero attached hydrogens (tertiary/aromatic N) is 2. The van der Waals surface area contributed by atoms with Gasteiger partial charge in [-0.3, -0.25) is 0 Å².